The molecule has 1 N–H and O–H groups in total. The van der Waals surface area contributed by atoms with Crippen LogP contribution in [0.5, 0.6) is 0 Å². The number of rotatable bonds is 0. The van der Waals surface area contributed by atoms with Crippen LogP contribution >= 0.6 is 0 Å². The van der Waals surface area contributed by atoms with E-state index < -0.39 is 0 Å². The van der Waals surface area contributed by atoms with Crippen LogP contribution in [0.4, 0.5) is 0 Å². The van der Waals surface area contributed by atoms with E-state index in [1.807, 2.05) is 0 Å². The summed E-state index contributed by atoms with van der Waals surface area (Å²) in [6.45, 7) is 6.14. The summed E-state index contributed by atoms with van der Waals surface area (Å²) >= 11 is 0. The first kappa shape index (κ1) is 6.62. The van der Waals surface area contributed by atoms with Crippen molar-refractivity contribution in [2.24, 2.45) is 11.8 Å². The lowest BCUT2D eigenvalue weighted by molar-refractivity contribution is 0.291. The standard InChI is InChI=1S/C8H16N2/c1-6-8-4-9-3-7(8)5-10(6)2/h6-9H,3-5H2,1-2H3. The Morgan fingerprint density at radius 2 is 2.20 bits per heavy atom. The molecule has 3 unspecified atom stereocenters. The Morgan fingerprint density at radius 3 is 2.90 bits per heavy atom. The van der Waals surface area contributed by atoms with E-state index in [-0.39, 0.29) is 0 Å². The third-order valence-corrected chi connectivity index (χ3v) is 3.23. The maximum atomic E-state index is 3.45. The minimum atomic E-state index is 0.806. The average Bonchev–Trinajstić information content (AvgIpc) is 2.41. The van der Waals surface area contributed by atoms with Crippen LogP contribution in [-0.4, -0.2) is 37.6 Å². The van der Waals surface area contributed by atoms with Gasteiger partial charge in [-0.2, -0.15) is 0 Å². The predicted molar refractivity (Wildman–Crippen MR) is 41.9 cm³/mol. The molecule has 0 aromatic carbocycles. The molecule has 10 heavy (non-hydrogen) atoms. The highest BCUT2D eigenvalue weighted by Gasteiger charge is 2.39. The molecule has 2 saturated heterocycles. The summed E-state index contributed by atoms with van der Waals surface area (Å²) in [4.78, 5) is 2.48. The van der Waals surface area contributed by atoms with E-state index in [0.29, 0.717) is 0 Å². The van der Waals surface area contributed by atoms with E-state index in [1.54, 1.807) is 0 Å². The second kappa shape index (κ2) is 2.21. The van der Waals surface area contributed by atoms with Gasteiger partial charge in [0.05, 0.1) is 0 Å². The lowest BCUT2D eigenvalue weighted by Crippen LogP contribution is -2.29. The van der Waals surface area contributed by atoms with Crippen LogP contribution < -0.4 is 5.32 Å². The van der Waals surface area contributed by atoms with Gasteiger partial charge in [0.25, 0.3) is 0 Å². The molecule has 0 spiro atoms. The Labute approximate surface area is 62.6 Å². The summed E-state index contributed by atoms with van der Waals surface area (Å²) < 4.78 is 0. The molecular weight excluding hydrogens is 124 g/mol. The first-order valence-electron chi connectivity index (χ1n) is 4.20. The monoisotopic (exact) mass is 140 g/mol. The first-order chi connectivity index (χ1) is 4.79. The normalized spacial score (nSPS) is 48.0. The maximum Gasteiger partial charge on any atom is 0.0108 e. The molecule has 2 rings (SSSR count). The topological polar surface area (TPSA) is 15.3 Å². The molecular formula is C8H16N2. The number of hydrogen-bond acceptors (Lipinski definition) is 2. The third kappa shape index (κ3) is 0.789. The van der Waals surface area contributed by atoms with Crippen molar-refractivity contribution >= 4 is 0 Å². The van der Waals surface area contributed by atoms with Gasteiger partial charge >= 0.3 is 0 Å². The highest BCUT2D eigenvalue weighted by molar-refractivity contribution is 4.95. The Morgan fingerprint density at radius 1 is 1.40 bits per heavy atom. The van der Waals surface area contributed by atoms with Gasteiger partial charge in [-0.25, -0.2) is 0 Å². The van der Waals surface area contributed by atoms with E-state index in [1.165, 1.54) is 19.6 Å². The fraction of sp³-hybridized carbons (Fsp3) is 1.00. The highest BCUT2D eigenvalue weighted by Crippen LogP contribution is 2.30. The van der Waals surface area contributed by atoms with Gasteiger partial charge < -0.3 is 10.2 Å². The molecule has 2 aliphatic heterocycles. The predicted octanol–water partition coefficient (Wildman–Crippen LogP) is 0.156. The largest absolute Gasteiger partial charge is 0.316 e. The van der Waals surface area contributed by atoms with Crippen molar-refractivity contribution in [3.63, 3.8) is 0 Å². The first-order valence-corrected chi connectivity index (χ1v) is 4.20. The molecule has 2 heteroatoms. The molecule has 0 bridgehead atoms. The summed E-state index contributed by atoms with van der Waals surface area (Å²) in [5.41, 5.74) is 0. The van der Waals surface area contributed by atoms with Gasteiger partial charge in [-0.15, -0.1) is 0 Å². The van der Waals surface area contributed by atoms with E-state index >= 15 is 0 Å². The summed E-state index contributed by atoms with van der Waals surface area (Å²) in [6.07, 6.45) is 0. The van der Waals surface area contributed by atoms with Crippen LogP contribution in [0, 0.1) is 11.8 Å². The zero-order chi connectivity index (χ0) is 7.14. The molecule has 2 nitrogen and oxygen atoms in total. The van der Waals surface area contributed by atoms with Crippen LogP contribution in [0.3, 0.4) is 0 Å². The number of hydrogen-bond donors (Lipinski definition) is 1. The fourth-order valence-corrected chi connectivity index (χ4v) is 2.38. The second-order valence-electron chi connectivity index (χ2n) is 3.76. The van der Waals surface area contributed by atoms with Gasteiger partial charge in [0.1, 0.15) is 0 Å². The SMILES string of the molecule is CC1C2CNCC2CN1C. The van der Waals surface area contributed by atoms with Crippen molar-refractivity contribution < 1.29 is 0 Å². The van der Waals surface area contributed by atoms with E-state index in [4.69, 9.17) is 0 Å². The molecule has 0 aromatic heterocycles. The second-order valence-corrected chi connectivity index (χ2v) is 3.76. The van der Waals surface area contributed by atoms with Crippen molar-refractivity contribution in [3.05, 3.63) is 0 Å². The minimum Gasteiger partial charge on any atom is -0.316 e. The fourth-order valence-electron chi connectivity index (χ4n) is 2.38. The van der Waals surface area contributed by atoms with E-state index in [2.05, 4.69) is 24.2 Å². The van der Waals surface area contributed by atoms with Crippen molar-refractivity contribution in [2.75, 3.05) is 26.7 Å². The Balaban J connectivity index is 2.09. The summed E-state index contributed by atoms with van der Waals surface area (Å²) in [5.74, 6) is 1.88. The number of fused-ring (bicyclic) bond motifs is 1. The zero-order valence-electron chi connectivity index (χ0n) is 6.80. The average molecular weight is 140 g/mol. The Bertz CT molecular complexity index is 133. The molecule has 3 atom stereocenters. The van der Waals surface area contributed by atoms with Crippen molar-refractivity contribution in [1.29, 1.82) is 0 Å². The van der Waals surface area contributed by atoms with E-state index in [0.717, 1.165) is 17.9 Å². The van der Waals surface area contributed by atoms with Gasteiger partial charge in [0.2, 0.25) is 0 Å². The lowest BCUT2D eigenvalue weighted by atomic mass is 9.95. The van der Waals surface area contributed by atoms with Crippen LogP contribution in [0.2, 0.25) is 0 Å². The molecule has 0 aliphatic carbocycles. The highest BCUT2D eigenvalue weighted by atomic mass is 15.2. The number of nitrogens with one attached hydrogen (secondary N) is 1. The van der Waals surface area contributed by atoms with Crippen molar-refractivity contribution in [2.45, 2.75) is 13.0 Å². The van der Waals surface area contributed by atoms with Crippen LogP contribution in [0.1, 0.15) is 6.92 Å². The summed E-state index contributed by atoms with van der Waals surface area (Å²) in [6, 6.07) is 0.806. The Hall–Kier alpha value is -0.0800. The number of likely N-dealkylation sites (tertiary alicyclic amines) is 1. The summed E-state index contributed by atoms with van der Waals surface area (Å²) in [5, 5.41) is 3.45. The molecule has 58 valence electrons. The molecule has 0 radical (unpaired) electrons. The molecule has 0 aromatic rings. The van der Waals surface area contributed by atoms with Crippen LogP contribution in [0.25, 0.3) is 0 Å². The smallest absolute Gasteiger partial charge is 0.0108 e. The number of nitrogens with zero attached hydrogens (tertiary/aromatic N) is 1. The van der Waals surface area contributed by atoms with Crippen LogP contribution in [0.15, 0.2) is 0 Å². The van der Waals surface area contributed by atoms with Gasteiger partial charge in [0, 0.05) is 12.6 Å². The quantitative estimate of drug-likeness (QED) is 0.515. The third-order valence-electron chi connectivity index (χ3n) is 3.23. The van der Waals surface area contributed by atoms with Crippen LogP contribution in [-0.2, 0) is 0 Å². The summed E-state index contributed by atoms with van der Waals surface area (Å²) in [7, 11) is 2.24. The molecule has 2 aliphatic rings. The van der Waals surface area contributed by atoms with Gasteiger partial charge in [-0.05, 0) is 38.9 Å². The van der Waals surface area contributed by atoms with Crippen molar-refractivity contribution in [3.8, 4) is 0 Å². The lowest BCUT2D eigenvalue weighted by Gasteiger charge is -2.18. The maximum absolute atomic E-state index is 3.45. The molecule has 2 fully saturated rings. The molecule has 2 heterocycles. The minimum absolute atomic E-state index is 0.806. The molecule has 0 saturated carbocycles. The van der Waals surface area contributed by atoms with Gasteiger partial charge in [-0.1, -0.05) is 0 Å². The van der Waals surface area contributed by atoms with E-state index in [9.17, 15) is 0 Å². The van der Waals surface area contributed by atoms with Crippen molar-refractivity contribution in [1.82, 2.24) is 10.2 Å². The molecule has 0 amide bonds. The van der Waals surface area contributed by atoms with Gasteiger partial charge in [-0.3, -0.25) is 0 Å². The van der Waals surface area contributed by atoms with Gasteiger partial charge in [0.15, 0.2) is 0 Å². The zero-order valence-corrected chi connectivity index (χ0v) is 6.80. The Kier molecular flexibility index (Phi) is 1.46.